The molecule has 0 aromatic carbocycles. The molecule has 0 atom stereocenters. The minimum absolute atomic E-state index is 0.358. The zero-order valence-corrected chi connectivity index (χ0v) is 14.4. The third-order valence-corrected chi connectivity index (χ3v) is 3.95. The number of ether oxygens (including phenoxy) is 1. The van der Waals surface area contributed by atoms with Crippen LogP contribution in [0.5, 0.6) is 0 Å². The average molecular weight is 337 g/mol. The molecule has 0 radical (unpaired) electrons. The maximum atomic E-state index is 12.3. The Morgan fingerprint density at radius 2 is 2.04 bits per heavy atom. The van der Waals surface area contributed by atoms with Crippen LogP contribution in [0.1, 0.15) is 39.2 Å². The number of rotatable bonds is 2. The summed E-state index contributed by atoms with van der Waals surface area (Å²) in [6, 6.07) is 1.85. The van der Waals surface area contributed by atoms with Gasteiger partial charge in [0.2, 0.25) is 0 Å². The molecule has 0 N–H and O–H groups in total. The lowest BCUT2D eigenvalue weighted by molar-refractivity contribution is 0.0522. The average Bonchev–Trinajstić information content (AvgIpc) is 3.05. The molecule has 3 rings (SSSR count). The summed E-state index contributed by atoms with van der Waals surface area (Å²) >= 11 is 6.15. The number of nitrogens with zero attached hydrogens (tertiary/aromatic N) is 4. The van der Waals surface area contributed by atoms with Crippen molar-refractivity contribution >= 4 is 28.7 Å². The standard InChI is InChI=1S/C16H21ClN4O2/c1-16(2,3)23-15(22)21-14-12(9-18-21)11(8-13(17)19-14)10-20-6-4-5-7-20/h8-9H,4-7,10H2,1-3H3. The molecule has 124 valence electrons. The van der Waals surface area contributed by atoms with E-state index in [1.807, 2.05) is 26.8 Å². The summed E-state index contributed by atoms with van der Waals surface area (Å²) in [5.41, 5.74) is 0.893. The van der Waals surface area contributed by atoms with Crippen molar-refractivity contribution in [2.75, 3.05) is 13.1 Å². The Morgan fingerprint density at radius 1 is 1.35 bits per heavy atom. The predicted molar refractivity (Wildman–Crippen MR) is 88.7 cm³/mol. The van der Waals surface area contributed by atoms with Crippen LogP contribution in [-0.4, -0.2) is 44.4 Å². The fraction of sp³-hybridized carbons (Fsp3) is 0.562. The molecule has 3 heterocycles. The first-order chi connectivity index (χ1) is 10.8. The van der Waals surface area contributed by atoms with Gasteiger partial charge >= 0.3 is 6.09 Å². The molecule has 23 heavy (non-hydrogen) atoms. The summed E-state index contributed by atoms with van der Waals surface area (Å²) in [6.07, 6.45) is 3.56. The topological polar surface area (TPSA) is 60.3 Å². The number of likely N-dealkylation sites (tertiary alicyclic amines) is 1. The van der Waals surface area contributed by atoms with Crippen molar-refractivity contribution in [1.29, 1.82) is 0 Å². The highest BCUT2D eigenvalue weighted by Crippen LogP contribution is 2.24. The fourth-order valence-electron chi connectivity index (χ4n) is 2.78. The molecule has 1 aliphatic rings. The highest BCUT2D eigenvalue weighted by atomic mass is 35.5. The monoisotopic (exact) mass is 336 g/mol. The number of carbonyl (C=O) groups excluding carboxylic acids is 1. The van der Waals surface area contributed by atoms with Crippen molar-refractivity contribution in [3.8, 4) is 0 Å². The van der Waals surface area contributed by atoms with E-state index in [0.717, 1.165) is 30.6 Å². The summed E-state index contributed by atoms with van der Waals surface area (Å²) in [4.78, 5) is 18.9. The summed E-state index contributed by atoms with van der Waals surface area (Å²) in [7, 11) is 0. The van der Waals surface area contributed by atoms with E-state index in [2.05, 4.69) is 15.0 Å². The van der Waals surface area contributed by atoms with Crippen LogP contribution in [0.3, 0.4) is 0 Å². The van der Waals surface area contributed by atoms with Crippen molar-refractivity contribution in [2.24, 2.45) is 0 Å². The van der Waals surface area contributed by atoms with E-state index in [4.69, 9.17) is 16.3 Å². The van der Waals surface area contributed by atoms with Crippen LogP contribution in [0.15, 0.2) is 12.3 Å². The Balaban J connectivity index is 1.96. The molecule has 6 nitrogen and oxygen atoms in total. The van der Waals surface area contributed by atoms with Gasteiger partial charge in [0, 0.05) is 11.9 Å². The highest BCUT2D eigenvalue weighted by molar-refractivity contribution is 6.29. The normalized spacial score (nSPS) is 16.2. The largest absolute Gasteiger partial charge is 0.442 e. The Hall–Kier alpha value is -1.66. The summed E-state index contributed by atoms with van der Waals surface area (Å²) < 4.78 is 6.55. The number of fused-ring (bicyclic) bond motifs is 1. The Labute approximate surface area is 140 Å². The van der Waals surface area contributed by atoms with Gasteiger partial charge in [-0.15, -0.1) is 4.68 Å². The molecule has 0 amide bonds. The number of aromatic nitrogens is 3. The van der Waals surface area contributed by atoms with Crippen molar-refractivity contribution in [2.45, 2.75) is 45.8 Å². The first kappa shape index (κ1) is 16.2. The quantitative estimate of drug-likeness (QED) is 0.786. The van der Waals surface area contributed by atoms with Crippen LogP contribution in [0, 0.1) is 0 Å². The van der Waals surface area contributed by atoms with Gasteiger partial charge in [-0.05, 0) is 58.3 Å². The Morgan fingerprint density at radius 3 is 2.70 bits per heavy atom. The lowest BCUT2D eigenvalue weighted by Gasteiger charge is -2.19. The second kappa shape index (κ2) is 6.09. The lowest BCUT2D eigenvalue weighted by atomic mass is 10.2. The molecular formula is C16H21ClN4O2. The highest BCUT2D eigenvalue weighted by Gasteiger charge is 2.22. The summed E-state index contributed by atoms with van der Waals surface area (Å²) in [5, 5.41) is 5.36. The molecule has 2 aromatic rings. The lowest BCUT2D eigenvalue weighted by Crippen LogP contribution is -2.27. The molecule has 7 heteroatoms. The van der Waals surface area contributed by atoms with E-state index in [0.29, 0.717) is 10.8 Å². The van der Waals surface area contributed by atoms with Crippen LogP contribution in [-0.2, 0) is 11.3 Å². The predicted octanol–water partition coefficient (Wildman–Crippen LogP) is 3.46. The van der Waals surface area contributed by atoms with E-state index in [1.54, 1.807) is 6.20 Å². The van der Waals surface area contributed by atoms with Gasteiger partial charge in [0.05, 0.1) is 6.20 Å². The van der Waals surface area contributed by atoms with Crippen molar-refractivity contribution in [3.63, 3.8) is 0 Å². The minimum Gasteiger partial charge on any atom is -0.442 e. The first-order valence-electron chi connectivity index (χ1n) is 7.82. The van der Waals surface area contributed by atoms with Crippen LogP contribution >= 0.6 is 11.6 Å². The summed E-state index contributed by atoms with van der Waals surface area (Å²) in [5.74, 6) is 0. The van der Waals surface area contributed by atoms with Crippen LogP contribution in [0.2, 0.25) is 5.15 Å². The smallest absolute Gasteiger partial charge is 0.437 e. The minimum atomic E-state index is -0.591. The number of hydrogen-bond acceptors (Lipinski definition) is 5. The molecule has 0 spiro atoms. The molecule has 0 saturated carbocycles. The first-order valence-corrected chi connectivity index (χ1v) is 8.20. The van der Waals surface area contributed by atoms with Crippen molar-refractivity contribution in [1.82, 2.24) is 19.7 Å². The molecule has 0 bridgehead atoms. The second-order valence-electron chi connectivity index (χ2n) is 6.86. The van der Waals surface area contributed by atoms with Crippen LogP contribution < -0.4 is 0 Å². The zero-order chi connectivity index (χ0) is 16.6. The third kappa shape index (κ3) is 3.64. The van der Waals surface area contributed by atoms with Gasteiger partial charge in [-0.1, -0.05) is 11.6 Å². The molecule has 1 fully saturated rings. The number of carbonyl (C=O) groups is 1. The summed E-state index contributed by atoms with van der Waals surface area (Å²) in [6.45, 7) is 8.41. The van der Waals surface area contributed by atoms with Gasteiger partial charge in [-0.3, -0.25) is 4.90 Å². The zero-order valence-electron chi connectivity index (χ0n) is 13.7. The van der Waals surface area contributed by atoms with E-state index < -0.39 is 11.7 Å². The third-order valence-electron chi connectivity index (χ3n) is 3.75. The number of hydrogen-bond donors (Lipinski definition) is 0. The fourth-order valence-corrected chi connectivity index (χ4v) is 2.99. The van der Waals surface area contributed by atoms with Crippen LogP contribution in [0.25, 0.3) is 11.0 Å². The van der Waals surface area contributed by atoms with Gasteiger partial charge in [-0.2, -0.15) is 5.10 Å². The van der Waals surface area contributed by atoms with Gasteiger partial charge in [0.15, 0.2) is 5.65 Å². The number of pyridine rings is 1. The van der Waals surface area contributed by atoms with Crippen LogP contribution in [0.4, 0.5) is 4.79 Å². The molecule has 0 unspecified atom stereocenters. The van der Waals surface area contributed by atoms with E-state index in [1.165, 1.54) is 17.5 Å². The Kier molecular flexibility index (Phi) is 4.29. The van der Waals surface area contributed by atoms with E-state index in [-0.39, 0.29) is 0 Å². The molecule has 1 aliphatic heterocycles. The van der Waals surface area contributed by atoms with Gasteiger partial charge in [0.25, 0.3) is 0 Å². The Bertz CT molecular complexity index is 729. The van der Waals surface area contributed by atoms with Crippen molar-refractivity contribution in [3.05, 3.63) is 23.0 Å². The second-order valence-corrected chi connectivity index (χ2v) is 7.25. The van der Waals surface area contributed by atoms with Gasteiger partial charge in [0.1, 0.15) is 10.8 Å². The molecule has 2 aromatic heterocycles. The SMILES string of the molecule is CC(C)(C)OC(=O)n1ncc2c(CN3CCCC3)cc(Cl)nc21. The molecular weight excluding hydrogens is 316 g/mol. The maximum Gasteiger partial charge on any atom is 0.437 e. The van der Waals surface area contributed by atoms with Crippen molar-refractivity contribution < 1.29 is 9.53 Å². The van der Waals surface area contributed by atoms with Gasteiger partial charge in [-0.25, -0.2) is 9.78 Å². The molecule has 1 saturated heterocycles. The number of halogens is 1. The maximum absolute atomic E-state index is 12.3. The van der Waals surface area contributed by atoms with Gasteiger partial charge < -0.3 is 4.74 Å². The van der Waals surface area contributed by atoms with E-state index >= 15 is 0 Å². The van der Waals surface area contributed by atoms with E-state index in [9.17, 15) is 4.79 Å². The molecule has 0 aliphatic carbocycles.